The molecule has 37 heavy (non-hydrogen) atoms. The molecular weight excluding hydrogens is 470 g/mol. The third-order valence-corrected chi connectivity index (χ3v) is 9.06. The summed E-state index contributed by atoms with van der Waals surface area (Å²) in [5.41, 5.74) is 3.31. The number of rotatable bonds is 24. The molecule has 0 aromatic heterocycles. The SMILES string of the molecule is CCCCCCCCCCCCCCCC[N+](C)(C)C(C)(C)c1ccccc1CCCCCCCC.[Cl-]. The van der Waals surface area contributed by atoms with Crippen molar-refractivity contribution in [3.63, 3.8) is 0 Å². The highest BCUT2D eigenvalue weighted by Crippen LogP contribution is 2.35. The van der Waals surface area contributed by atoms with Gasteiger partial charge in [-0.15, -0.1) is 0 Å². The zero-order valence-corrected chi connectivity index (χ0v) is 26.9. The lowest BCUT2D eigenvalue weighted by molar-refractivity contribution is -0.945. The highest BCUT2D eigenvalue weighted by Gasteiger charge is 2.39. The van der Waals surface area contributed by atoms with Crippen LogP contribution in [-0.2, 0) is 12.0 Å². The quantitative estimate of drug-likeness (QED) is 0.0920. The third kappa shape index (κ3) is 15.6. The Bertz CT molecular complexity index is 636. The monoisotopic (exact) mass is 535 g/mol. The Balaban J connectivity index is 0.0000130. The van der Waals surface area contributed by atoms with Crippen LogP contribution >= 0.6 is 0 Å². The molecule has 0 atom stereocenters. The lowest BCUT2D eigenvalue weighted by atomic mass is 9.84. The molecule has 0 bridgehead atoms. The fraction of sp³-hybridized carbons (Fsp3) is 0.829. The average Bonchev–Trinajstić information content (AvgIpc) is 2.86. The van der Waals surface area contributed by atoms with Crippen LogP contribution < -0.4 is 12.4 Å². The summed E-state index contributed by atoms with van der Waals surface area (Å²) in [6, 6.07) is 9.32. The van der Waals surface area contributed by atoms with Gasteiger partial charge in [0.1, 0.15) is 5.54 Å². The van der Waals surface area contributed by atoms with Crippen molar-refractivity contribution in [2.24, 2.45) is 0 Å². The Kier molecular flexibility index (Phi) is 22.0. The van der Waals surface area contributed by atoms with E-state index in [0.717, 1.165) is 4.48 Å². The minimum absolute atomic E-state index is 0. The van der Waals surface area contributed by atoms with E-state index in [2.05, 4.69) is 66.1 Å². The average molecular weight is 536 g/mol. The van der Waals surface area contributed by atoms with Gasteiger partial charge in [-0.25, -0.2) is 0 Å². The van der Waals surface area contributed by atoms with Crippen LogP contribution in [-0.4, -0.2) is 25.1 Å². The maximum Gasteiger partial charge on any atom is 0.119 e. The first-order valence-electron chi connectivity index (χ1n) is 16.3. The van der Waals surface area contributed by atoms with E-state index in [1.165, 1.54) is 141 Å². The highest BCUT2D eigenvalue weighted by molar-refractivity contribution is 5.31. The summed E-state index contributed by atoms with van der Waals surface area (Å²) < 4.78 is 1.08. The minimum atomic E-state index is 0. The van der Waals surface area contributed by atoms with Crippen LogP contribution in [0.1, 0.15) is 167 Å². The van der Waals surface area contributed by atoms with Crippen LogP contribution in [0.25, 0.3) is 0 Å². The van der Waals surface area contributed by atoms with Gasteiger partial charge in [-0.05, 0) is 45.1 Å². The molecule has 0 heterocycles. The molecule has 1 nitrogen and oxygen atoms in total. The number of nitrogens with zero attached hydrogens (tertiary/aromatic N) is 1. The lowest BCUT2D eigenvalue weighted by Gasteiger charge is -2.46. The van der Waals surface area contributed by atoms with Crippen molar-refractivity contribution < 1.29 is 16.9 Å². The van der Waals surface area contributed by atoms with Gasteiger partial charge in [-0.1, -0.05) is 147 Å². The molecule has 1 aromatic rings. The first kappa shape index (κ1) is 36.5. The molecule has 0 aliphatic carbocycles. The molecule has 0 saturated carbocycles. The summed E-state index contributed by atoms with van der Waals surface area (Å²) >= 11 is 0. The summed E-state index contributed by atoms with van der Waals surface area (Å²) in [6.45, 7) is 10.8. The second-order valence-electron chi connectivity index (χ2n) is 12.7. The molecular formula is C35H66ClN. The van der Waals surface area contributed by atoms with Crippen LogP contribution in [0.3, 0.4) is 0 Å². The maximum atomic E-state index is 2.48. The first-order valence-corrected chi connectivity index (χ1v) is 16.3. The number of halogens is 1. The Morgan fingerprint density at radius 3 is 1.38 bits per heavy atom. The normalized spacial score (nSPS) is 12.1. The van der Waals surface area contributed by atoms with Crippen molar-refractivity contribution in [3.8, 4) is 0 Å². The summed E-state index contributed by atoms with van der Waals surface area (Å²) in [6.07, 6.45) is 29.6. The van der Waals surface area contributed by atoms with E-state index in [0.29, 0.717) is 0 Å². The number of quaternary nitrogens is 1. The van der Waals surface area contributed by atoms with E-state index >= 15 is 0 Å². The zero-order chi connectivity index (χ0) is 26.5. The van der Waals surface area contributed by atoms with E-state index in [1.807, 2.05) is 0 Å². The Morgan fingerprint density at radius 2 is 0.919 bits per heavy atom. The molecule has 0 radical (unpaired) electrons. The molecule has 0 N–H and O–H groups in total. The van der Waals surface area contributed by atoms with Gasteiger partial charge in [0, 0.05) is 5.56 Å². The van der Waals surface area contributed by atoms with Gasteiger partial charge in [0.15, 0.2) is 0 Å². The molecule has 2 heteroatoms. The van der Waals surface area contributed by atoms with Gasteiger partial charge < -0.3 is 16.9 Å². The number of hydrogen-bond donors (Lipinski definition) is 0. The van der Waals surface area contributed by atoms with Gasteiger partial charge in [-0.3, -0.25) is 0 Å². The zero-order valence-electron chi connectivity index (χ0n) is 26.2. The smallest absolute Gasteiger partial charge is 0.119 e. The maximum absolute atomic E-state index is 2.48. The number of benzene rings is 1. The predicted octanol–water partition coefficient (Wildman–Crippen LogP) is 8.39. The van der Waals surface area contributed by atoms with Crippen LogP contribution in [0, 0.1) is 0 Å². The Morgan fingerprint density at radius 1 is 0.541 bits per heavy atom. The van der Waals surface area contributed by atoms with Crippen LogP contribution in [0.5, 0.6) is 0 Å². The van der Waals surface area contributed by atoms with E-state index in [9.17, 15) is 0 Å². The highest BCUT2D eigenvalue weighted by atomic mass is 35.5. The van der Waals surface area contributed by atoms with Gasteiger partial charge in [0.25, 0.3) is 0 Å². The first-order chi connectivity index (χ1) is 17.4. The molecule has 0 aliphatic heterocycles. The molecule has 0 unspecified atom stereocenters. The molecule has 1 aromatic carbocycles. The van der Waals surface area contributed by atoms with Crippen LogP contribution in [0.2, 0.25) is 0 Å². The summed E-state index contributed by atoms with van der Waals surface area (Å²) in [7, 11) is 4.92. The second kappa shape index (κ2) is 22.3. The lowest BCUT2D eigenvalue weighted by Crippen LogP contribution is -3.00. The van der Waals surface area contributed by atoms with E-state index in [-0.39, 0.29) is 17.9 Å². The summed E-state index contributed by atoms with van der Waals surface area (Å²) in [5.74, 6) is 0. The standard InChI is InChI=1S/C35H66N.ClH/c1-7-9-11-13-15-16-17-18-19-20-21-22-24-28-32-36(5,6)35(3,4)34-31-27-26-30-33(34)29-25-23-14-12-10-8-2;/h26-27,30-31H,7-25,28-29,32H2,1-6H3;1H/q+1;/p-1. The van der Waals surface area contributed by atoms with Gasteiger partial charge in [0.05, 0.1) is 20.6 Å². The second-order valence-corrected chi connectivity index (χ2v) is 12.7. The summed E-state index contributed by atoms with van der Waals surface area (Å²) in [5, 5.41) is 0. The third-order valence-electron chi connectivity index (χ3n) is 9.06. The Hall–Kier alpha value is -0.530. The Labute approximate surface area is 240 Å². The van der Waals surface area contributed by atoms with E-state index < -0.39 is 0 Å². The van der Waals surface area contributed by atoms with Gasteiger partial charge >= 0.3 is 0 Å². The predicted molar refractivity (Wildman–Crippen MR) is 164 cm³/mol. The number of unbranched alkanes of at least 4 members (excludes halogenated alkanes) is 18. The van der Waals surface area contributed by atoms with Crippen molar-refractivity contribution in [2.45, 2.75) is 168 Å². The van der Waals surface area contributed by atoms with Gasteiger partial charge in [0.2, 0.25) is 0 Å². The van der Waals surface area contributed by atoms with Crippen LogP contribution in [0.15, 0.2) is 24.3 Å². The molecule has 0 amide bonds. The minimum Gasteiger partial charge on any atom is -1.00 e. The van der Waals surface area contributed by atoms with E-state index in [4.69, 9.17) is 0 Å². The fourth-order valence-electron chi connectivity index (χ4n) is 5.74. The molecule has 0 saturated heterocycles. The molecule has 1 rings (SSSR count). The number of aryl methyl sites for hydroxylation is 1. The molecule has 0 fully saturated rings. The van der Waals surface area contributed by atoms with Crippen LogP contribution in [0.4, 0.5) is 0 Å². The van der Waals surface area contributed by atoms with Crippen molar-refractivity contribution in [3.05, 3.63) is 35.4 Å². The fourth-order valence-corrected chi connectivity index (χ4v) is 5.74. The topological polar surface area (TPSA) is 0 Å². The van der Waals surface area contributed by atoms with E-state index in [1.54, 1.807) is 11.1 Å². The van der Waals surface area contributed by atoms with Crippen molar-refractivity contribution in [1.29, 1.82) is 0 Å². The van der Waals surface area contributed by atoms with Crippen molar-refractivity contribution in [2.75, 3.05) is 20.6 Å². The number of hydrogen-bond acceptors (Lipinski definition) is 0. The van der Waals surface area contributed by atoms with Crippen molar-refractivity contribution in [1.82, 2.24) is 0 Å². The molecule has 218 valence electrons. The summed E-state index contributed by atoms with van der Waals surface area (Å²) in [4.78, 5) is 0. The van der Waals surface area contributed by atoms with Crippen molar-refractivity contribution >= 4 is 0 Å². The molecule has 0 spiro atoms. The molecule has 0 aliphatic rings. The largest absolute Gasteiger partial charge is 1.00 e. The van der Waals surface area contributed by atoms with Gasteiger partial charge in [-0.2, -0.15) is 0 Å².